The van der Waals surface area contributed by atoms with Gasteiger partial charge < -0.3 is 4.52 Å². The lowest BCUT2D eigenvalue weighted by Crippen LogP contribution is -1.78. The molecular weight excluding hydrogens is 166 g/mol. The second-order valence-electron chi connectivity index (χ2n) is 2.76. The van der Waals surface area contributed by atoms with Gasteiger partial charge in [-0.25, -0.2) is 0 Å². The van der Waals surface area contributed by atoms with Crippen LogP contribution in [0.3, 0.4) is 0 Å². The first kappa shape index (κ1) is 6.54. The third-order valence-electron chi connectivity index (χ3n) is 1.99. The van der Waals surface area contributed by atoms with Crippen LogP contribution in [0.1, 0.15) is 0 Å². The summed E-state index contributed by atoms with van der Waals surface area (Å²) < 4.78 is 5.03. The first-order valence-electron chi connectivity index (χ1n) is 3.91. The molecule has 4 heteroatoms. The van der Waals surface area contributed by atoms with Gasteiger partial charge in [-0.1, -0.05) is 12.1 Å². The van der Waals surface area contributed by atoms with Gasteiger partial charge >= 0.3 is 0 Å². The Hall–Kier alpha value is -1.97. The molecule has 3 aromatic rings. The minimum Gasteiger partial charge on any atom is -0.336 e. The molecule has 0 aliphatic heterocycles. The molecule has 0 atom stereocenters. The van der Waals surface area contributed by atoms with Gasteiger partial charge in [0.15, 0.2) is 11.1 Å². The number of fused-ring (bicyclic) bond motifs is 3. The van der Waals surface area contributed by atoms with E-state index in [1.54, 1.807) is 6.20 Å². The largest absolute Gasteiger partial charge is 0.336 e. The number of pyridine rings is 1. The number of aromatic nitrogens is 3. The molecule has 0 spiro atoms. The molecule has 2 aromatic heterocycles. The molecule has 13 heavy (non-hydrogen) atoms. The molecule has 4 nitrogen and oxygen atoms in total. The minimum atomic E-state index is 0.693. The van der Waals surface area contributed by atoms with Crippen LogP contribution in [0.4, 0.5) is 0 Å². The summed E-state index contributed by atoms with van der Waals surface area (Å²) in [5, 5.41) is 8.23. The second kappa shape index (κ2) is 2.26. The quantitative estimate of drug-likeness (QED) is 0.517. The fourth-order valence-corrected chi connectivity index (χ4v) is 1.38. The van der Waals surface area contributed by atoms with Crippen LogP contribution in [0.15, 0.2) is 35.0 Å². The van der Waals surface area contributed by atoms with Crippen molar-refractivity contribution in [2.24, 2.45) is 0 Å². The lowest BCUT2D eigenvalue weighted by atomic mass is 10.2. The molecule has 2 heterocycles. The van der Waals surface area contributed by atoms with Crippen molar-refractivity contribution in [1.82, 2.24) is 15.4 Å². The summed E-state index contributed by atoms with van der Waals surface area (Å²) in [6.45, 7) is 0. The lowest BCUT2D eigenvalue weighted by molar-refractivity contribution is 0.426. The maximum atomic E-state index is 5.03. The Kier molecular flexibility index (Phi) is 1.14. The van der Waals surface area contributed by atoms with Crippen LogP contribution < -0.4 is 0 Å². The van der Waals surface area contributed by atoms with Crippen LogP contribution in [0, 0.1) is 0 Å². The maximum absolute atomic E-state index is 5.03. The molecule has 0 N–H and O–H groups in total. The minimum absolute atomic E-state index is 0.693. The van der Waals surface area contributed by atoms with Crippen LogP contribution in [-0.2, 0) is 0 Å². The normalized spacial score (nSPS) is 11.1. The summed E-state index contributed by atoms with van der Waals surface area (Å²) in [6.07, 6.45) is 1.66. The zero-order valence-electron chi connectivity index (χ0n) is 6.64. The van der Waals surface area contributed by atoms with Gasteiger partial charge in [0.2, 0.25) is 0 Å². The van der Waals surface area contributed by atoms with E-state index in [0.717, 1.165) is 10.9 Å². The SMILES string of the molecule is c1ccc2c(c1)ncc1nnoc12. The maximum Gasteiger partial charge on any atom is 0.198 e. The van der Waals surface area contributed by atoms with E-state index < -0.39 is 0 Å². The molecule has 0 aliphatic carbocycles. The Bertz CT molecular complexity index is 573. The van der Waals surface area contributed by atoms with E-state index in [9.17, 15) is 0 Å². The summed E-state index contributed by atoms with van der Waals surface area (Å²) in [4.78, 5) is 4.22. The molecule has 0 amide bonds. The summed E-state index contributed by atoms with van der Waals surface area (Å²) in [6, 6.07) is 7.74. The summed E-state index contributed by atoms with van der Waals surface area (Å²) in [7, 11) is 0. The molecule has 0 radical (unpaired) electrons. The van der Waals surface area contributed by atoms with Gasteiger partial charge in [0.05, 0.1) is 11.7 Å². The Labute approximate surface area is 73.2 Å². The molecule has 0 saturated heterocycles. The standard InChI is InChI=1S/C9H5N3O/c1-2-4-7-6(3-1)9-8(5-10-7)11-12-13-9/h1-5H. The molecule has 0 unspecified atom stereocenters. The van der Waals surface area contributed by atoms with Crippen molar-refractivity contribution in [3.63, 3.8) is 0 Å². The smallest absolute Gasteiger partial charge is 0.198 e. The number of para-hydroxylation sites is 1. The zero-order valence-corrected chi connectivity index (χ0v) is 6.64. The van der Waals surface area contributed by atoms with Crippen LogP contribution in [0.25, 0.3) is 22.0 Å². The van der Waals surface area contributed by atoms with Crippen LogP contribution in [0.5, 0.6) is 0 Å². The van der Waals surface area contributed by atoms with Crippen molar-refractivity contribution in [3.05, 3.63) is 30.5 Å². The van der Waals surface area contributed by atoms with Gasteiger partial charge in [-0.15, -0.1) is 5.10 Å². The Morgan fingerprint density at radius 1 is 1.08 bits per heavy atom. The van der Waals surface area contributed by atoms with E-state index in [1.807, 2.05) is 24.3 Å². The number of nitrogens with zero attached hydrogens (tertiary/aromatic N) is 3. The highest BCUT2D eigenvalue weighted by Gasteiger charge is 2.05. The molecule has 0 saturated carbocycles. The second-order valence-corrected chi connectivity index (χ2v) is 2.76. The molecule has 1 aromatic carbocycles. The van der Waals surface area contributed by atoms with E-state index in [1.165, 1.54) is 0 Å². The van der Waals surface area contributed by atoms with Gasteiger partial charge in [-0.2, -0.15) is 0 Å². The number of hydrogen-bond acceptors (Lipinski definition) is 4. The summed E-state index contributed by atoms with van der Waals surface area (Å²) in [5.41, 5.74) is 2.29. The molecule has 0 fully saturated rings. The first-order chi connectivity index (χ1) is 6.45. The van der Waals surface area contributed by atoms with Crippen molar-refractivity contribution in [2.75, 3.05) is 0 Å². The first-order valence-corrected chi connectivity index (χ1v) is 3.91. The van der Waals surface area contributed by atoms with Gasteiger partial charge in [-0.05, 0) is 12.1 Å². The average Bonchev–Trinajstić information content (AvgIpc) is 2.65. The molecule has 0 aliphatic rings. The molecule has 0 bridgehead atoms. The highest BCUT2D eigenvalue weighted by atomic mass is 16.5. The fraction of sp³-hybridized carbons (Fsp3) is 0. The van der Waals surface area contributed by atoms with E-state index >= 15 is 0 Å². The average molecular weight is 171 g/mol. The Balaban J connectivity index is 2.65. The highest BCUT2D eigenvalue weighted by Crippen LogP contribution is 2.20. The van der Waals surface area contributed by atoms with E-state index in [-0.39, 0.29) is 0 Å². The van der Waals surface area contributed by atoms with Crippen molar-refractivity contribution >= 4 is 22.0 Å². The predicted octanol–water partition coefficient (Wildman–Crippen LogP) is 1.77. The fourth-order valence-electron chi connectivity index (χ4n) is 1.38. The number of benzene rings is 1. The predicted molar refractivity (Wildman–Crippen MR) is 47.1 cm³/mol. The third-order valence-corrected chi connectivity index (χ3v) is 1.99. The highest BCUT2D eigenvalue weighted by molar-refractivity contribution is 5.99. The summed E-state index contributed by atoms with van der Waals surface area (Å²) in [5.74, 6) is 0. The van der Waals surface area contributed by atoms with Crippen LogP contribution >= 0.6 is 0 Å². The lowest BCUT2D eigenvalue weighted by Gasteiger charge is -1.93. The van der Waals surface area contributed by atoms with Crippen molar-refractivity contribution in [1.29, 1.82) is 0 Å². The van der Waals surface area contributed by atoms with E-state index in [2.05, 4.69) is 15.4 Å². The number of rotatable bonds is 0. The molecule has 3 rings (SSSR count). The third kappa shape index (κ3) is 0.823. The molecular formula is C9H5N3O. The van der Waals surface area contributed by atoms with Gasteiger partial charge in [0.25, 0.3) is 0 Å². The topological polar surface area (TPSA) is 51.8 Å². The van der Waals surface area contributed by atoms with Gasteiger partial charge in [-0.3, -0.25) is 4.98 Å². The monoisotopic (exact) mass is 171 g/mol. The Morgan fingerprint density at radius 3 is 3.00 bits per heavy atom. The van der Waals surface area contributed by atoms with Gasteiger partial charge in [0, 0.05) is 10.7 Å². The van der Waals surface area contributed by atoms with Crippen molar-refractivity contribution in [2.45, 2.75) is 0 Å². The number of hydrogen-bond donors (Lipinski definition) is 0. The zero-order chi connectivity index (χ0) is 8.67. The molecule has 62 valence electrons. The Morgan fingerprint density at radius 2 is 2.00 bits per heavy atom. The van der Waals surface area contributed by atoms with E-state index in [0.29, 0.717) is 11.1 Å². The van der Waals surface area contributed by atoms with Crippen LogP contribution in [0.2, 0.25) is 0 Å². The van der Waals surface area contributed by atoms with Crippen molar-refractivity contribution < 1.29 is 4.52 Å². The van der Waals surface area contributed by atoms with Crippen LogP contribution in [-0.4, -0.2) is 15.4 Å². The van der Waals surface area contributed by atoms with Crippen molar-refractivity contribution in [3.8, 4) is 0 Å². The van der Waals surface area contributed by atoms with Gasteiger partial charge in [0.1, 0.15) is 0 Å². The summed E-state index contributed by atoms with van der Waals surface area (Å²) >= 11 is 0. The van der Waals surface area contributed by atoms with E-state index in [4.69, 9.17) is 4.52 Å².